The lowest BCUT2D eigenvalue weighted by Gasteiger charge is -2.03. The molecule has 1 heterocycles. The number of rotatable bonds is 5. The summed E-state index contributed by atoms with van der Waals surface area (Å²) in [5, 5.41) is 8.77. The van der Waals surface area contributed by atoms with E-state index in [1.54, 1.807) is 35.2 Å². The molecule has 1 aromatic heterocycles. The first-order chi connectivity index (χ1) is 12.9. The molecule has 0 aliphatic heterocycles. The van der Waals surface area contributed by atoms with Crippen LogP contribution in [0.15, 0.2) is 54.7 Å². The smallest absolute Gasteiger partial charge is 0.249 e. The summed E-state index contributed by atoms with van der Waals surface area (Å²) in [6, 6.07) is 12.5. The fraction of sp³-hybridized carbons (Fsp3) is 0.0526. The highest BCUT2D eigenvalue weighted by Gasteiger charge is 2.10. The van der Waals surface area contributed by atoms with Gasteiger partial charge in [0.2, 0.25) is 5.91 Å². The molecule has 2 aromatic carbocycles. The first-order valence-electron chi connectivity index (χ1n) is 7.83. The first kappa shape index (κ1) is 19.8. The van der Waals surface area contributed by atoms with Gasteiger partial charge in [-0.15, -0.1) is 0 Å². The molecule has 0 saturated carbocycles. The molecule has 3 aromatic rings. The van der Waals surface area contributed by atoms with Gasteiger partial charge in [0.15, 0.2) is 5.82 Å². The molecule has 0 radical (unpaired) electrons. The Labute approximate surface area is 176 Å². The molecule has 8 heteroatoms. The summed E-state index contributed by atoms with van der Waals surface area (Å²) in [6.07, 6.45) is 4.62. The third-order valence-corrected chi connectivity index (χ3v) is 4.97. The number of nitrogens with one attached hydrogen (secondary N) is 1. The Balaban J connectivity index is 1.68. The highest BCUT2D eigenvalue weighted by molar-refractivity contribution is 6.42. The summed E-state index contributed by atoms with van der Waals surface area (Å²) in [5.74, 6) is -0.0952. The molecule has 0 atom stereocenters. The Bertz CT molecular complexity index is 1010. The van der Waals surface area contributed by atoms with Gasteiger partial charge in [0, 0.05) is 17.3 Å². The average Bonchev–Trinajstić information content (AvgIpc) is 2.96. The third-order valence-electron chi connectivity index (χ3n) is 3.61. The minimum absolute atomic E-state index is 0.269. The number of benzene rings is 2. The second-order valence-electron chi connectivity index (χ2n) is 5.62. The van der Waals surface area contributed by atoms with Crippen LogP contribution in [0.2, 0.25) is 20.1 Å². The molecule has 0 aliphatic carbocycles. The molecule has 0 bridgehead atoms. The molecule has 3 rings (SSSR count). The molecule has 27 heavy (non-hydrogen) atoms. The van der Waals surface area contributed by atoms with E-state index in [1.807, 2.05) is 24.3 Å². The molecule has 1 amide bonds. The maximum Gasteiger partial charge on any atom is 0.249 e. The molecule has 0 aliphatic rings. The second kappa shape index (κ2) is 8.81. The summed E-state index contributed by atoms with van der Waals surface area (Å²) in [6.45, 7) is 0.432. The number of aromatic nitrogens is 2. The minimum atomic E-state index is -0.364. The van der Waals surface area contributed by atoms with Crippen LogP contribution in [0.1, 0.15) is 11.1 Å². The topological polar surface area (TPSA) is 46.9 Å². The van der Waals surface area contributed by atoms with Crippen LogP contribution >= 0.6 is 46.4 Å². The lowest BCUT2D eigenvalue weighted by atomic mass is 10.2. The van der Waals surface area contributed by atoms with Crippen LogP contribution in [0, 0.1) is 0 Å². The van der Waals surface area contributed by atoms with E-state index in [2.05, 4.69) is 10.4 Å². The van der Waals surface area contributed by atoms with Crippen LogP contribution in [-0.2, 0) is 11.3 Å². The number of nitrogens with zero attached hydrogens (tertiary/aromatic N) is 2. The van der Waals surface area contributed by atoms with Crippen molar-refractivity contribution in [2.75, 3.05) is 5.32 Å². The zero-order valence-electron chi connectivity index (χ0n) is 13.8. The molecule has 0 fully saturated rings. The Hall–Kier alpha value is -1.98. The van der Waals surface area contributed by atoms with Crippen molar-refractivity contribution in [2.24, 2.45) is 0 Å². The largest absolute Gasteiger partial charge is 0.304 e. The van der Waals surface area contributed by atoms with Gasteiger partial charge >= 0.3 is 0 Å². The zero-order chi connectivity index (χ0) is 19.4. The SMILES string of the molecule is O=C(/C=C/c1ccccc1Cl)Nc1nn(Cc2ccc(Cl)c(Cl)c2)cc1Cl. The number of hydrogen-bond acceptors (Lipinski definition) is 2. The monoisotopic (exact) mass is 439 g/mol. The van der Waals surface area contributed by atoms with E-state index in [0.717, 1.165) is 11.1 Å². The van der Waals surface area contributed by atoms with Gasteiger partial charge in [-0.3, -0.25) is 9.48 Å². The highest BCUT2D eigenvalue weighted by Crippen LogP contribution is 2.24. The van der Waals surface area contributed by atoms with Crippen LogP contribution < -0.4 is 5.32 Å². The Morgan fingerprint density at radius 3 is 2.52 bits per heavy atom. The Morgan fingerprint density at radius 1 is 1.00 bits per heavy atom. The van der Waals surface area contributed by atoms with Gasteiger partial charge in [-0.1, -0.05) is 70.7 Å². The number of anilines is 1. The van der Waals surface area contributed by atoms with Crippen molar-refractivity contribution in [1.29, 1.82) is 0 Å². The van der Waals surface area contributed by atoms with E-state index in [0.29, 0.717) is 26.6 Å². The van der Waals surface area contributed by atoms with Gasteiger partial charge in [-0.25, -0.2) is 0 Å². The number of carbonyl (C=O) groups excluding carboxylic acids is 1. The predicted octanol–water partition coefficient (Wildman–Crippen LogP) is 6.20. The maximum absolute atomic E-state index is 12.1. The lowest BCUT2D eigenvalue weighted by molar-refractivity contribution is -0.111. The van der Waals surface area contributed by atoms with Gasteiger partial charge in [-0.2, -0.15) is 5.10 Å². The standard InChI is InChI=1S/C19H13Cl4N3O/c20-14-4-2-1-3-13(14)6-8-18(27)24-19-17(23)11-26(25-19)10-12-5-7-15(21)16(22)9-12/h1-9,11H,10H2,(H,24,25,27)/b8-6+. The van der Waals surface area contributed by atoms with Crippen molar-refractivity contribution in [2.45, 2.75) is 6.54 Å². The van der Waals surface area contributed by atoms with Crippen LogP contribution in [0.3, 0.4) is 0 Å². The van der Waals surface area contributed by atoms with Crippen molar-refractivity contribution in [3.63, 3.8) is 0 Å². The summed E-state index contributed by atoms with van der Waals surface area (Å²) in [4.78, 5) is 12.1. The van der Waals surface area contributed by atoms with Gasteiger partial charge in [0.25, 0.3) is 0 Å². The number of amides is 1. The van der Waals surface area contributed by atoms with E-state index in [-0.39, 0.29) is 11.7 Å². The van der Waals surface area contributed by atoms with Crippen molar-refractivity contribution >= 4 is 64.2 Å². The summed E-state index contributed by atoms with van der Waals surface area (Å²) in [5.41, 5.74) is 1.64. The number of hydrogen-bond donors (Lipinski definition) is 1. The van der Waals surface area contributed by atoms with Gasteiger partial charge in [-0.05, 0) is 35.4 Å². The van der Waals surface area contributed by atoms with Crippen molar-refractivity contribution in [3.05, 3.63) is 86.0 Å². The van der Waals surface area contributed by atoms with E-state index in [9.17, 15) is 4.79 Å². The molecule has 4 nitrogen and oxygen atoms in total. The molecular weight excluding hydrogens is 428 g/mol. The van der Waals surface area contributed by atoms with Gasteiger partial charge < -0.3 is 5.32 Å². The molecule has 138 valence electrons. The third kappa shape index (κ3) is 5.27. The van der Waals surface area contributed by atoms with Gasteiger partial charge in [0.1, 0.15) is 5.02 Å². The van der Waals surface area contributed by atoms with Crippen molar-refractivity contribution in [3.8, 4) is 0 Å². The van der Waals surface area contributed by atoms with Crippen LogP contribution in [0.5, 0.6) is 0 Å². The van der Waals surface area contributed by atoms with Crippen molar-refractivity contribution < 1.29 is 4.79 Å². The molecule has 0 saturated heterocycles. The molecule has 1 N–H and O–H groups in total. The highest BCUT2D eigenvalue weighted by atomic mass is 35.5. The summed E-state index contributed by atoms with van der Waals surface area (Å²) < 4.78 is 1.61. The second-order valence-corrected chi connectivity index (χ2v) is 7.24. The molecule has 0 spiro atoms. The Kier molecular flexibility index (Phi) is 6.45. The first-order valence-corrected chi connectivity index (χ1v) is 9.34. The minimum Gasteiger partial charge on any atom is -0.304 e. The van der Waals surface area contributed by atoms with E-state index >= 15 is 0 Å². The summed E-state index contributed by atoms with van der Waals surface area (Å²) in [7, 11) is 0. The normalized spacial score (nSPS) is 11.1. The van der Waals surface area contributed by atoms with E-state index in [1.165, 1.54) is 6.08 Å². The predicted molar refractivity (Wildman–Crippen MR) is 112 cm³/mol. The van der Waals surface area contributed by atoms with E-state index in [4.69, 9.17) is 46.4 Å². The molecule has 0 unspecified atom stereocenters. The fourth-order valence-corrected chi connectivity index (χ4v) is 3.04. The quantitative estimate of drug-likeness (QED) is 0.480. The van der Waals surface area contributed by atoms with Crippen LogP contribution in [0.4, 0.5) is 5.82 Å². The zero-order valence-corrected chi connectivity index (χ0v) is 16.8. The average molecular weight is 441 g/mol. The lowest BCUT2D eigenvalue weighted by Crippen LogP contribution is -2.09. The van der Waals surface area contributed by atoms with Crippen LogP contribution in [-0.4, -0.2) is 15.7 Å². The maximum atomic E-state index is 12.1. The Morgan fingerprint density at radius 2 is 1.78 bits per heavy atom. The van der Waals surface area contributed by atoms with Gasteiger partial charge in [0.05, 0.1) is 16.6 Å². The van der Waals surface area contributed by atoms with Crippen molar-refractivity contribution in [1.82, 2.24) is 9.78 Å². The molecular formula is C19H13Cl4N3O. The summed E-state index contributed by atoms with van der Waals surface area (Å²) >= 11 is 24.2. The number of halogens is 4. The van der Waals surface area contributed by atoms with Crippen LogP contribution in [0.25, 0.3) is 6.08 Å². The number of carbonyl (C=O) groups is 1. The fourth-order valence-electron chi connectivity index (χ4n) is 2.32. The van der Waals surface area contributed by atoms with E-state index < -0.39 is 0 Å².